The molecule has 0 unspecified atom stereocenters. The molecule has 0 atom stereocenters. The first-order chi connectivity index (χ1) is 14.8. The first kappa shape index (κ1) is 20.9. The zero-order chi connectivity index (χ0) is 22.2. The molecule has 158 valence electrons. The number of fused-ring (bicyclic) bond motifs is 1. The van der Waals surface area contributed by atoms with Gasteiger partial charge in [-0.1, -0.05) is 42.0 Å². The van der Waals surface area contributed by atoms with Crippen molar-refractivity contribution in [3.63, 3.8) is 0 Å². The molecule has 0 saturated carbocycles. The van der Waals surface area contributed by atoms with Gasteiger partial charge in [0.2, 0.25) is 15.7 Å². The number of anilines is 1. The van der Waals surface area contributed by atoms with Crippen LogP contribution in [0.25, 0.3) is 10.9 Å². The lowest BCUT2D eigenvalue weighted by Crippen LogP contribution is -2.18. The highest BCUT2D eigenvalue weighted by atomic mass is 32.2. The number of rotatable bonds is 5. The number of hydrogen-bond donors (Lipinski definition) is 1. The molecule has 0 fully saturated rings. The fourth-order valence-corrected chi connectivity index (χ4v) is 5.05. The summed E-state index contributed by atoms with van der Waals surface area (Å²) in [6, 6.07) is 19.8. The lowest BCUT2D eigenvalue weighted by atomic mass is 10.1. The first-order valence-corrected chi connectivity index (χ1v) is 11.5. The summed E-state index contributed by atoms with van der Waals surface area (Å²) in [6.45, 7) is 5.93. The Kier molecular flexibility index (Phi) is 5.41. The topological polar surface area (TPSA) is 68.2 Å². The molecule has 0 radical (unpaired) electrons. The number of para-hydroxylation sites is 1. The molecule has 1 N–H and O–H groups in total. The summed E-state index contributed by atoms with van der Waals surface area (Å²) in [4.78, 5) is 13.1. The van der Waals surface area contributed by atoms with Gasteiger partial charge in [0, 0.05) is 22.8 Å². The SMILES string of the molecule is Cc1ccc(S(=O)(=O)c2cn(CC(=O)Nc3ccc(C)c(C)c3)c3ccccc23)cc1. The lowest BCUT2D eigenvalue weighted by Gasteiger charge is -2.09. The summed E-state index contributed by atoms with van der Waals surface area (Å²) in [6.07, 6.45) is 1.56. The van der Waals surface area contributed by atoms with Crippen LogP contribution in [0.15, 0.2) is 82.7 Å². The highest BCUT2D eigenvalue weighted by Gasteiger charge is 2.23. The normalized spacial score (nSPS) is 11.6. The maximum absolute atomic E-state index is 13.3. The van der Waals surface area contributed by atoms with Crippen molar-refractivity contribution in [2.75, 3.05) is 5.32 Å². The molecule has 31 heavy (non-hydrogen) atoms. The summed E-state index contributed by atoms with van der Waals surface area (Å²) in [5.41, 5.74) is 4.65. The van der Waals surface area contributed by atoms with Crippen LogP contribution >= 0.6 is 0 Å². The van der Waals surface area contributed by atoms with Crippen molar-refractivity contribution in [2.24, 2.45) is 0 Å². The number of aryl methyl sites for hydroxylation is 3. The highest BCUT2D eigenvalue weighted by molar-refractivity contribution is 7.91. The Morgan fingerprint density at radius 1 is 0.903 bits per heavy atom. The van der Waals surface area contributed by atoms with Crippen molar-refractivity contribution in [1.82, 2.24) is 4.57 Å². The maximum Gasteiger partial charge on any atom is 0.244 e. The Balaban J connectivity index is 1.69. The Labute approximate surface area is 182 Å². The quantitative estimate of drug-likeness (QED) is 0.480. The minimum Gasteiger partial charge on any atom is -0.337 e. The van der Waals surface area contributed by atoms with E-state index in [-0.39, 0.29) is 22.2 Å². The molecular weight excluding hydrogens is 408 g/mol. The number of sulfone groups is 1. The number of nitrogens with one attached hydrogen (secondary N) is 1. The van der Waals surface area contributed by atoms with E-state index < -0.39 is 9.84 Å². The number of hydrogen-bond acceptors (Lipinski definition) is 3. The molecule has 3 aromatic carbocycles. The second-order valence-electron chi connectivity index (χ2n) is 7.80. The second-order valence-corrected chi connectivity index (χ2v) is 9.72. The molecule has 0 spiro atoms. The van der Waals surface area contributed by atoms with Crippen LogP contribution in [0, 0.1) is 20.8 Å². The van der Waals surface area contributed by atoms with Crippen LogP contribution in [0.5, 0.6) is 0 Å². The molecule has 1 amide bonds. The third kappa shape index (κ3) is 4.11. The minimum atomic E-state index is -3.72. The smallest absolute Gasteiger partial charge is 0.244 e. The van der Waals surface area contributed by atoms with Crippen LogP contribution in [0.1, 0.15) is 16.7 Å². The molecule has 5 nitrogen and oxygen atoms in total. The van der Waals surface area contributed by atoms with Crippen molar-refractivity contribution in [1.29, 1.82) is 0 Å². The standard InChI is InChI=1S/C25H24N2O3S/c1-17-8-12-21(13-9-17)31(29,30)24-15-27(23-7-5-4-6-22(23)24)16-25(28)26-20-11-10-18(2)19(3)14-20/h4-15H,16H2,1-3H3,(H,26,28). The number of carbonyl (C=O) groups is 1. The molecular formula is C25H24N2O3S. The van der Waals surface area contributed by atoms with Crippen LogP contribution in [-0.4, -0.2) is 18.9 Å². The maximum atomic E-state index is 13.3. The Morgan fingerprint density at radius 3 is 2.32 bits per heavy atom. The van der Waals surface area contributed by atoms with E-state index in [1.807, 2.05) is 51.1 Å². The second kappa shape index (κ2) is 8.04. The van der Waals surface area contributed by atoms with Gasteiger partial charge in [-0.15, -0.1) is 0 Å². The van der Waals surface area contributed by atoms with E-state index in [4.69, 9.17) is 0 Å². The molecule has 0 aliphatic rings. The minimum absolute atomic E-state index is 0.0108. The number of benzene rings is 3. The number of nitrogens with zero attached hydrogens (tertiary/aromatic N) is 1. The molecule has 4 rings (SSSR count). The van der Waals surface area contributed by atoms with E-state index in [2.05, 4.69) is 5.32 Å². The average Bonchev–Trinajstić information content (AvgIpc) is 3.10. The van der Waals surface area contributed by atoms with E-state index in [0.717, 1.165) is 22.4 Å². The van der Waals surface area contributed by atoms with Gasteiger partial charge in [-0.2, -0.15) is 0 Å². The number of carbonyl (C=O) groups excluding carboxylic acids is 1. The van der Waals surface area contributed by atoms with Crippen molar-refractivity contribution in [3.8, 4) is 0 Å². The molecule has 4 aromatic rings. The Hall–Kier alpha value is -3.38. The molecule has 6 heteroatoms. The summed E-state index contributed by atoms with van der Waals surface area (Å²) >= 11 is 0. The summed E-state index contributed by atoms with van der Waals surface area (Å²) < 4.78 is 28.3. The predicted octanol–water partition coefficient (Wildman–Crippen LogP) is 5.04. The third-order valence-corrected chi connectivity index (χ3v) is 7.27. The van der Waals surface area contributed by atoms with Crippen LogP contribution in [0.2, 0.25) is 0 Å². The molecule has 1 heterocycles. The van der Waals surface area contributed by atoms with Crippen LogP contribution in [-0.2, 0) is 21.2 Å². The molecule has 0 bridgehead atoms. The number of aromatic nitrogens is 1. The molecule has 0 saturated heterocycles. The van der Waals surface area contributed by atoms with Gasteiger partial charge in [0.1, 0.15) is 6.54 Å². The fourth-order valence-electron chi connectivity index (χ4n) is 3.58. The molecule has 0 aliphatic carbocycles. The highest BCUT2D eigenvalue weighted by Crippen LogP contribution is 2.30. The zero-order valence-corrected chi connectivity index (χ0v) is 18.5. The van der Waals surface area contributed by atoms with E-state index in [1.165, 1.54) is 0 Å². The van der Waals surface area contributed by atoms with Crippen LogP contribution < -0.4 is 5.32 Å². The van der Waals surface area contributed by atoms with Gasteiger partial charge in [-0.25, -0.2) is 8.42 Å². The average molecular weight is 433 g/mol. The molecule has 0 aliphatic heterocycles. The Bertz CT molecular complexity index is 1380. The number of amides is 1. The third-order valence-electron chi connectivity index (χ3n) is 5.48. The van der Waals surface area contributed by atoms with E-state index in [0.29, 0.717) is 10.9 Å². The summed E-state index contributed by atoms with van der Waals surface area (Å²) in [5, 5.41) is 3.50. The van der Waals surface area contributed by atoms with Gasteiger partial charge in [0.05, 0.1) is 9.79 Å². The lowest BCUT2D eigenvalue weighted by molar-refractivity contribution is -0.116. The zero-order valence-electron chi connectivity index (χ0n) is 17.7. The van der Waals surface area contributed by atoms with E-state index >= 15 is 0 Å². The van der Waals surface area contributed by atoms with Gasteiger partial charge in [0.15, 0.2) is 0 Å². The van der Waals surface area contributed by atoms with Gasteiger partial charge >= 0.3 is 0 Å². The molecule has 1 aromatic heterocycles. The first-order valence-electron chi connectivity index (χ1n) is 10.0. The van der Waals surface area contributed by atoms with Crippen molar-refractivity contribution >= 4 is 32.3 Å². The van der Waals surface area contributed by atoms with Gasteiger partial charge < -0.3 is 9.88 Å². The van der Waals surface area contributed by atoms with Gasteiger partial charge in [-0.3, -0.25) is 4.79 Å². The fraction of sp³-hybridized carbons (Fsp3) is 0.160. The van der Waals surface area contributed by atoms with Gasteiger partial charge in [0.25, 0.3) is 0 Å². The predicted molar refractivity (Wildman–Crippen MR) is 123 cm³/mol. The largest absolute Gasteiger partial charge is 0.337 e. The summed E-state index contributed by atoms with van der Waals surface area (Å²) in [7, 11) is -3.72. The van der Waals surface area contributed by atoms with Crippen molar-refractivity contribution < 1.29 is 13.2 Å². The monoisotopic (exact) mass is 432 g/mol. The van der Waals surface area contributed by atoms with Gasteiger partial charge in [-0.05, 0) is 62.2 Å². The van der Waals surface area contributed by atoms with Crippen LogP contribution in [0.3, 0.4) is 0 Å². The van der Waals surface area contributed by atoms with E-state index in [1.54, 1.807) is 47.2 Å². The van der Waals surface area contributed by atoms with Crippen LogP contribution in [0.4, 0.5) is 5.69 Å². The van der Waals surface area contributed by atoms with E-state index in [9.17, 15) is 13.2 Å². The Morgan fingerprint density at radius 2 is 1.61 bits per heavy atom. The summed E-state index contributed by atoms with van der Waals surface area (Å²) in [5.74, 6) is -0.219. The van der Waals surface area contributed by atoms with Crippen molar-refractivity contribution in [3.05, 3.63) is 89.6 Å². The van der Waals surface area contributed by atoms with Crippen molar-refractivity contribution in [2.45, 2.75) is 37.1 Å².